The van der Waals surface area contributed by atoms with Gasteiger partial charge in [0.05, 0.1) is 17.7 Å². The molecule has 6 heteroatoms. The Balaban J connectivity index is 2.04. The van der Waals surface area contributed by atoms with E-state index in [4.69, 9.17) is 5.73 Å². The number of pyridine rings is 1. The van der Waals surface area contributed by atoms with Gasteiger partial charge in [0, 0.05) is 16.6 Å². The molecule has 1 amide bonds. The minimum atomic E-state index is -0.171. The predicted molar refractivity (Wildman–Crippen MR) is 66.7 cm³/mol. The number of thiazole rings is 1. The van der Waals surface area contributed by atoms with E-state index in [1.807, 2.05) is 5.38 Å². The highest BCUT2D eigenvalue weighted by Gasteiger charge is 2.07. The van der Waals surface area contributed by atoms with Gasteiger partial charge in [-0.1, -0.05) is 0 Å². The van der Waals surface area contributed by atoms with Crippen molar-refractivity contribution in [1.29, 1.82) is 0 Å². The van der Waals surface area contributed by atoms with Crippen LogP contribution in [0.1, 0.15) is 21.7 Å². The molecule has 2 rings (SSSR count). The van der Waals surface area contributed by atoms with E-state index < -0.39 is 0 Å². The molecular formula is C11H12N4OS. The summed E-state index contributed by atoms with van der Waals surface area (Å²) in [5.74, 6) is 0.180. The van der Waals surface area contributed by atoms with Crippen molar-refractivity contribution in [2.75, 3.05) is 5.73 Å². The molecule has 2 aromatic heterocycles. The Labute approximate surface area is 103 Å². The zero-order valence-electron chi connectivity index (χ0n) is 9.30. The molecular weight excluding hydrogens is 236 g/mol. The van der Waals surface area contributed by atoms with Crippen molar-refractivity contribution in [3.63, 3.8) is 0 Å². The van der Waals surface area contributed by atoms with Crippen molar-refractivity contribution >= 4 is 23.1 Å². The maximum Gasteiger partial charge on any atom is 0.251 e. The lowest BCUT2D eigenvalue weighted by Crippen LogP contribution is -2.23. The van der Waals surface area contributed by atoms with Crippen molar-refractivity contribution in [3.05, 3.63) is 40.0 Å². The molecule has 2 aromatic rings. The number of hydrogen-bond acceptors (Lipinski definition) is 5. The number of amides is 1. The van der Waals surface area contributed by atoms with Gasteiger partial charge in [0.2, 0.25) is 0 Å². The predicted octanol–water partition coefficient (Wildman–Crippen LogP) is 1.36. The average molecular weight is 248 g/mol. The maximum atomic E-state index is 11.8. The van der Waals surface area contributed by atoms with E-state index in [-0.39, 0.29) is 5.91 Å². The van der Waals surface area contributed by atoms with Gasteiger partial charge in [-0.05, 0) is 19.1 Å². The van der Waals surface area contributed by atoms with Crippen LogP contribution in [0.5, 0.6) is 0 Å². The fraction of sp³-hybridized carbons (Fsp3) is 0.182. The molecule has 3 N–H and O–H groups in total. The van der Waals surface area contributed by atoms with E-state index in [9.17, 15) is 4.79 Å². The van der Waals surface area contributed by atoms with Gasteiger partial charge in [0.1, 0.15) is 5.82 Å². The molecule has 2 heterocycles. The summed E-state index contributed by atoms with van der Waals surface area (Å²) in [6, 6.07) is 3.26. The second-order valence-electron chi connectivity index (χ2n) is 3.58. The maximum absolute atomic E-state index is 11.8. The van der Waals surface area contributed by atoms with Gasteiger partial charge < -0.3 is 11.1 Å². The molecule has 17 heavy (non-hydrogen) atoms. The van der Waals surface area contributed by atoms with Crippen LogP contribution in [0.15, 0.2) is 23.0 Å². The summed E-state index contributed by atoms with van der Waals surface area (Å²) in [5.41, 5.74) is 9.41. The van der Waals surface area contributed by atoms with Crippen LogP contribution in [0.25, 0.3) is 0 Å². The van der Waals surface area contributed by atoms with Crippen molar-refractivity contribution in [1.82, 2.24) is 15.3 Å². The number of rotatable bonds is 3. The standard InChI is InChI=1S/C11H12N4OS/c1-7-2-8(3-10(12)15-7)11(16)13-4-9-5-17-6-14-9/h2-3,5-6H,4H2,1H3,(H2,12,15)(H,13,16). The third kappa shape index (κ3) is 3.01. The number of anilines is 1. The summed E-state index contributed by atoms with van der Waals surface area (Å²) in [6.45, 7) is 2.22. The molecule has 0 spiro atoms. The number of nitrogens with zero attached hydrogens (tertiary/aromatic N) is 2. The Morgan fingerprint density at radius 3 is 3.00 bits per heavy atom. The monoisotopic (exact) mass is 248 g/mol. The molecule has 0 radical (unpaired) electrons. The average Bonchev–Trinajstić information content (AvgIpc) is 2.77. The molecule has 0 saturated carbocycles. The minimum Gasteiger partial charge on any atom is -0.384 e. The Bertz CT molecular complexity index is 504. The molecule has 88 valence electrons. The van der Waals surface area contributed by atoms with Crippen molar-refractivity contribution < 1.29 is 4.79 Å². The molecule has 0 aliphatic carbocycles. The van der Waals surface area contributed by atoms with E-state index in [1.54, 1.807) is 24.6 Å². The Kier molecular flexibility index (Phi) is 3.34. The Hall–Kier alpha value is -1.95. The smallest absolute Gasteiger partial charge is 0.251 e. The van der Waals surface area contributed by atoms with Crippen LogP contribution >= 0.6 is 11.3 Å². The largest absolute Gasteiger partial charge is 0.384 e. The first-order chi connectivity index (χ1) is 8.15. The van der Waals surface area contributed by atoms with Crippen molar-refractivity contribution in [2.45, 2.75) is 13.5 Å². The topological polar surface area (TPSA) is 80.9 Å². The number of aromatic nitrogens is 2. The van der Waals surface area contributed by atoms with Gasteiger partial charge in [-0.3, -0.25) is 4.79 Å². The van der Waals surface area contributed by atoms with Crippen molar-refractivity contribution in [2.24, 2.45) is 0 Å². The summed E-state index contributed by atoms with van der Waals surface area (Å²) in [5, 5.41) is 4.67. The number of nitrogens with two attached hydrogens (primary N) is 1. The molecule has 0 atom stereocenters. The SMILES string of the molecule is Cc1cc(C(=O)NCc2cscn2)cc(N)n1. The molecule has 0 fully saturated rings. The summed E-state index contributed by atoms with van der Waals surface area (Å²) < 4.78 is 0. The van der Waals surface area contributed by atoms with E-state index in [2.05, 4.69) is 15.3 Å². The minimum absolute atomic E-state index is 0.171. The second-order valence-corrected chi connectivity index (χ2v) is 4.30. The van der Waals surface area contributed by atoms with Gasteiger partial charge in [-0.15, -0.1) is 11.3 Å². The number of carbonyl (C=O) groups excluding carboxylic acids is 1. The van der Waals surface area contributed by atoms with Crippen LogP contribution in [0.2, 0.25) is 0 Å². The quantitative estimate of drug-likeness (QED) is 0.859. The molecule has 0 unspecified atom stereocenters. The van der Waals surface area contributed by atoms with E-state index >= 15 is 0 Å². The lowest BCUT2D eigenvalue weighted by Gasteiger charge is -2.05. The van der Waals surface area contributed by atoms with Gasteiger partial charge in [0.15, 0.2) is 0 Å². The molecule has 0 bridgehead atoms. The number of carbonyl (C=O) groups is 1. The Morgan fingerprint density at radius 2 is 2.35 bits per heavy atom. The highest BCUT2D eigenvalue weighted by atomic mass is 32.1. The number of nitrogen functional groups attached to an aromatic ring is 1. The first-order valence-electron chi connectivity index (χ1n) is 5.04. The van der Waals surface area contributed by atoms with Crippen LogP contribution in [0, 0.1) is 6.92 Å². The number of hydrogen-bond donors (Lipinski definition) is 2. The number of nitrogens with one attached hydrogen (secondary N) is 1. The second kappa shape index (κ2) is 4.92. The van der Waals surface area contributed by atoms with E-state index in [0.717, 1.165) is 11.4 Å². The van der Waals surface area contributed by atoms with Gasteiger partial charge in [0.25, 0.3) is 5.91 Å². The highest BCUT2D eigenvalue weighted by Crippen LogP contribution is 2.07. The van der Waals surface area contributed by atoms with Crippen LogP contribution in [-0.2, 0) is 6.54 Å². The van der Waals surface area contributed by atoms with E-state index in [0.29, 0.717) is 17.9 Å². The molecule has 0 aliphatic rings. The van der Waals surface area contributed by atoms with Crippen LogP contribution in [0.3, 0.4) is 0 Å². The third-order valence-electron chi connectivity index (χ3n) is 2.15. The fourth-order valence-corrected chi connectivity index (χ4v) is 1.98. The zero-order valence-corrected chi connectivity index (χ0v) is 10.1. The van der Waals surface area contributed by atoms with Crippen molar-refractivity contribution in [3.8, 4) is 0 Å². The molecule has 5 nitrogen and oxygen atoms in total. The summed E-state index contributed by atoms with van der Waals surface area (Å²) >= 11 is 1.50. The zero-order chi connectivity index (χ0) is 12.3. The molecule has 0 aliphatic heterocycles. The first-order valence-corrected chi connectivity index (χ1v) is 5.99. The van der Waals surface area contributed by atoms with Crippen LogP contribution in [0.4, 0.5) is 5.82 Å². The third-order valence-corrected chi connectivity index (χ3v) is 2.78. The van der Waals surface area contributed by atoms with E-state index in [1.165, 1.54) is 11.3 Å². The van der Waals surface area contributed by atoms with Gasteiger partial charge in [-0.2, -0.15) is 0 Å². The summed E-state index contributed by atoms with van der Waals surface area (Å²) in [6.07, 6.45) is 0. The van der Waals surface area contributed by atoms with Crippen LogP contribution < -0.4 is 11.1 Å². The Morgan fingerprint density at radius 1 is 1.53 bits per heavy atom. The molecule has 0 saturated heterocycles. The number of aryl methyl sites for hydroxylation is 1. The van der Waals surface area contributed by atoms with Gasteiger partial charge >= 0.3 is 0 Å². The lowest BCUT2D eigenvalue weighted by atomic mass is 10.2. The summed E-state index contributed by atoms with van der Waals surface area (Å²) in [7, 11) is 0. The van der Waals surface area contributed by atoms with Gasteiger partial charge in [-0.25, -0.2) is 9.97 Å². The summed E-state index contributed by atoms with van der Waals surface area (Å²) in [4.78, 5) is 19.9. The lowest BCUT2D eigenvalue weighted by molar-refractivity contribution is 0.0950. The van der Waals surface area contributed by atoms with Crippen LogP contribution in [-0.4, -0.2) is 15.9 Å². The highest BCUT2D eigenvalue weighted by molar-refractivity contribution is 7.07. The molecule has 0 aromatic carbocycles. The first kappa shape index (κ1) is 11.5. The fourth-order valence-electron chi connectivity index (χ4n) is 1.42. The normalized spacial score (nSPS) is 10.2.